The van der Waals surface area contributed by atoms with E-state index in [4.69, 9.17) is 0 Å². The van der Waals surface area contributed by atoms with E-state index < -0.39 is 0 Å². The molecule has 1 atom stereocenters. The van der Waals surface area contributed by atoms with Crippen LogP contribution in [0.2, 0.25) is 0 Å². The third kappa shape index (κ3) is 2.69. The Morgan fingerprint density at radius 2 is 2.29 bits per heavy atom. The minimum Gasteiger partial charge on any atom is -0.392 e. The third-order valence-corrected chi connectivity index (χ3v) is 2.94. The second-order valence-corrected chi connectivity index (χ2v) is 4.29. The molecule has 0 aliphatic rings. The standard InChI is InChI=1S/C10H15BrN2O/c1-7-4-5-12-10(9(7)11)13(3)6-8(2)14/h4-5,8,14H,6H2,1-3H3. The number of aryl methyl sites for hydroxylation is 1. The smallest absolute Gasteiger partial charge is 0.142 e. The normalized spacial score (nSPS) is 12.6. The second kappa shape index (κ2) is 4.75. The predicted octanol–water partition coefficient (Wildman–Crippen LogP) is 1.97. The first-order valence-corrected chi connectivity index (χ1v) is 5.32. The molecule has 1 heterocycles. The Balaban J connectivity index is 2.89. The molecule has 1 unspecified atom stereocenters. The first kappa shape index (κ1) is 11.5. The number of anilines is 1. The van der Waals surface area contributed by atoms with E-state index in [2.05, 4.69) is 20.9 Å². The average molecular weight is 259 g/mol. The van der Waals surface area contributed by atoms with E-state index >= 15 is 0 Å². The molecule has 0 amide bonds. The van der Waals surface area contributed by atoms with E-state index in [1.54, 1.807) is 13.1 Å². The van der Waals surface area contributed by atoms with Crippen molar-refractivity contribution < 1.29 is 5.11 Å². The van der Waals surface area contributed by atoms with Crippen LogP contribution in [0.3, 0.4) is 0 Å². The summed E-state index contributed by atoms with van der Waals surface area (Å²) in [6.45, 7) is 4.36. The summed E-state index contributed by atoms with van der Waals surface area (Å²) in [6, 6.07) is 1.95. The van der Waals surface area contributed by atoms with Crippen molar-refractivity contribution in [2.45, 2.75) is 20.0 Å². The van der Waals surface area contributed by atoms with E-state index in [0.717, 1.165) is 15.9 Å². The van der Waals surface area contributed by atoms with Gasteiger partial charge in [-0.15, -0.1) is 0 Å². The van der Waals surface area contributed by atoms with Crippen LogP contribution in [0.5, 0.6) is 0 Å². The number of hydrogen-bond donors (Lipinski definition) is 1. The SMILES string of the molecule is Cc1ccnc(N(C)CC(C)O)c1Br. The summed E-state index contributed by atoms with van der Waals surface area (Å²) in [5, 5.41) is 9.26. The Hall–Kier alpha value is -0.610. The molecule has 0 saturated heterocycles. The Labute approximate surface area is 92.9 Å². The molecule has 0 fully saturated rings. The van der Waals surface area contributed by atoms with Crippen LogP contribution in [0.1, 0.15) is 12.5 Å². The maximum Gasteiger partial charge on any atom is 0.142 e. The number of likely N-dealkylation sites (N-methyl/N-ethyl adjacent to an activating group) is 1. The molecule has 0 spiro atoms. The highest BCUT2D eigenvalue weighted by molar-refractivity contribution is 9.10. The maximum absolute atomic E-state index is 9.26. The molecule has 0 aliphatic carbocycles. The zero-order valence-electron chi connectivity index (χ0n) is 8.66. The van der Waals surface area contributed by atoms with Crippen molar-refractivity contribution in [1.82, 2.24) is 4.98 Å². The molecule has 1 aromatic heterocycles. The van der Waals surface area contributed by atoms with Gasteiger partial charge in [-0.3, -0.25) is 0 Å². The lowest BCUT2D eigenvalue weighted by Crippen LogP contribution is -2.27. The van der Waals surface area contributed by atoms with Crippen molar-refractivity contribution in [2.24, 2.45) is 0 Å². The van der Waals surface area contributed by atoms with E-state index in [-0.39, 0.29) is 6.10 Å². The highest BCUT2D eigenvalue weighted by Crippen LogP contribution is 2.25. The summed E-state index contributed by atoms with van der Waals surface area (Å²) in [7, 11) is 1.92. The van der Waals surface area contributed by atoms with Gasteiger partial charge < -0.3 is 10.0 Å². The number of pyridine rings is 1. The fraction of sp³-hybridized carbons (Fsp3) is 0.500. The summed E-state index contributed by atoms with van der Waals surface area (Å²) in [6.07, 6.45) is 1.42. The van der Waals surface area contributed by atoms with E-state index in [1.165, 1.54) is 0 Å². The predicted molar refractivity (Wildman–Crippen MR) is 61.6 cm³/mol. The van der Waals surface area contributed by atoms with Crippen LogP contribution >= 0.6 is 15.9 Å². The van der Waals surface area contributed by atoms with Gasteiger partial charge in [0, 0.05) is 19.8 Å². The van der Waals surface area contributed by atoms with Gasteiger partial charge in [-0.25, -0.2) is 4.98 Å². The first-order chi connectivity index (χ1) is 6.52. The number of aromatic nitrogens is 1. The number of aliphatic hydroxyl groups is 1. The van der Waals surface area contributed by atoms with Crippen LogP contribution < -0.4 is 4.90 Å². The molecule has 0 radical (unpaired) electrons. The molecule has 0 aromatic carbocycles. The second-order valence-electron chi connectivity index (χ2n) is 3.49. The van der Waals surface area contributed by atoms with Crippen LogP contribution in [0.4, 0.5) is 5.82 Å². The van der Waals surface area contributed by atoms with Crippen LogP contribution in [0, 0.1) is 6.92 Å². The fourth-order valence-electron chi connectivity index (χ4n) is 1.27. The molecular weight excluding hydrogens is 244 g/mol. The molecule has 1 rings (SSSR count). The molecule has 0 bridgehead atoms. The van der Waals surface area contributed by atoms with E-state index in [9.17, 15) is 5.11 Å². The van der Waals surface area contributed by atoms with Gasteiger partial charge >= 0.3 is 0 Å². The van der Waals surface area contributed by atoms with Gasteiger partial charge in [0.2, 0.25) is 0 Å². The van der Waals surface area contributed by atoms with Gasteiger partial charge in [-0.2, -0.15) is 0 Å². The lowest BCUT2D eigenvalue weighted by Gasteiger charge is -2.21. The van der Waals surface area contributed by atoms with Crippen molar-refractivity contribution in [3.8, 4) is 0 Å². The Kier molecular flexibility index (Phi) is 3.89. The number of halogens is 1. The van der Waals surface area contributed by atoms with Crippen LogP contribution in [-0.4, -0.2) is 29.8 Å². The van der Waals surface area contributed by atoms with Crippen LogP contribution in [-0.2, 0) is 0 Å². The van der Waals surface area contributed by atoms with E-state index in [0.29, 0.717) is 6.54 Å². The van der Waals surface area contributed by atoms with Gasteiger partial charge in [0.1, 0.15) is 5.82 Å². The minimum absolute atomic E-state index is 0.353. The van der Waals surface area contributed by atoms with Crippen molar-refractivity contribution in [2.75, 3.05) is 18.5 Å². The number of nitrogens with zero attached hydrogens (tertiary/aromatic N) is 2. The topological polar surface area (TPSA) is 36.4 Å². The molecule has 1 aromatic rings. The Morgan fingerprint density at radius 3 is 2.86 bits per heavy atom. The summed E-state index contributed by atoms with van der Waals surface area (Å²) >= 11 is 3.48. The lowest BCUT2D eigenvalue weighted by atomic mass is 10.3. The van der Waals surface area contributed by atoms with E-state index in [1.807, 2.05) is 24.9 Å². The quantitative estimate of drug-likeness (QED) is 0.901. The van der Waals surface area contributed by atoms with Gasteiger partial charge in [0.05, 0.1) is 10.6 Å². The Bertz CT molecular complexity index is 315. The molecule has 0 aliphatic heterocycles. The number of hydrogen-bond acceptors (Lipinski definition) is 3. The van der Waals surface area contributed by atoms with Gasteiger partial charge in [0.15, 0.2) is 0 Å². The summed E-state index contributed by atoms with van der Waals surface area (Å²) in [5.74, 6) is 0.867. The summed E-state index contributed by atoms with van der Waals surface area (Å²) in [5.41, 5.74) is 1.15. The minimum atomic E-state index is -0.353. The monoisotopic (exact) mass is 258 g/mol. The zero-order chi connectivity index (χ0) is 10.7. The third-order valence-electron chi connectivity index (χ3n) is 1.96. The summed E-state index contributed by atoms with van der Waals surface area (Å²) < 4.78 is 0.989. The van der Waals surface area contributed by atoms with Crippen LogP contribution in [0.15, 0.2) is 16.7 Å². The molecular formula is C10H15BrN2O. The largest absolute Gasteiger partial charge is 0.392 e. The van der Waals surface area contributed by atoms with Gasteiger partial charge in [-0.05, 0) is 41.4 Å². The number of rotatable bonds is 3. The van der Waals surface area contributed by atoms with Crippen molar-refractivity contribution in [1.29, 1.82) is 0 Å². The zero-order valence-corrected chi connectivity index (χ0v) is 10.2. The fourth-order valence-corrected chi connectivity index (χ4v) is 1.81. The van der Waals surface area contributed by atoms with Crippen molar-refractivity contribution >= 4 is 21.7 Å². The number of aliphatic hydroxyl groups excluding tert-OH is 1. The Morgan fingerprint density at radius 1 is 1.64 bits per heavy atom. The first-order valence-electron chi connectivity index (χ1n) is 4.52. The average Bonchev–Trinajstić information content (AvgIpc) is 2.08. The summed E-state index contributed by atoms with van der Waals surface area (Å²) in [4.78, 5) is 6.19. The molecule has 0 saturated carbocycles. The molecule has 78 valence electrons. The molecule has 3 nitrogen and oxygen atoms in total. The lowest BCUT2D eigenvalue weighted by molar-refractivity contribution is 0.201. The van der Waals surface area contributed by atoms with Crippen LogP contribution in [0.25, 0.3) is 0 Å². The van der Waals surface area contributed by atoms with Gasteiger partial charge in [0.25, 0.3) is 0 Å². The highest BCUT2D eigenvalue weighted by atomic mass is 79.9. The molecule has 1 N–H and O–H groups in total. The van der Waals surface area contributed by atoms with Gasteiger partial charge in [-0.1, -0.05) is 0 Å². The molecule has 4 heteroatoms. The maximum atomic E-state index is 9.26. The van der Waals surface area contributed by atoms with Crippen molar-refractivity contribution in [3.05, 3.63) is 22.3 Å². The molecule has 14 heavy (non-hydrogen) atoms. The highest BCUT2D eigenvalue weighted by Gasteiger charge is 2.10. The van der Waals surface area contributed by atoms with Crippen molar-refractivity contribution in [3.63, 3.8) is 0 Å².